The molecule has 1 aliphatic heterocycles. The van der Waals surface area contributed by atoms with E-state index in [1.165, 1.54) is 43.3 Å². The zero-order valence-corrected chi connectivity index (χ0v) is 12.6. The third kappa shape index (κ3) is 3.34. The molecule has 0 radical (unpaired) electrons. The molecule has 114 valence electrons. The van der Waals surface area contributed by atoms with Gasteiger partial charge in [-0.05, 0) is 36.0 Å². The second-order valence-corrected chi connectivity index (χ2v) is 5.25. The third-order valence-electron chi connectivity index (χ3n) is 2.79. The average molecular weight is 320 g/mol. The number of aromatic carboxylic acids is 1. The molecule has 1 aromatic rings. The molecule has 1 saturated heterocycles. The number of methoxy groups -OCH3 is 1. The second-order valence-electron chi connectivity index (χ2n) is 4.24. The van der Waals surface area contributed by atoms with Gasteiger partial charge in [0.15, 0.2) is 5.17 Å². The van der Waals surface area contributed by atoms with Crippen molar-refractivity contribution in [2.24, 2.45) is 4.99 Å². The summed E-state index contributed by atoms with van der Waals surface area (Å²) in [6.07, 6.45) is 1.11. The maximum absolute atomic E-state index is 12.0. The molecule has 0 unspecified atom stereocenters. The van der Waals surface area contributed by atoms with Gasteiger partial charge in [-0.2, -0.15) is 0 Å². The normalized spacial score (nSPS) is 18.1. The molecule has 22 heavy (non-hydrogen) atoms. The first kappa shape index (κ1) is 15.8. The number of nitrogens with zero attached hydrogens (tertiary/aromatic N) is 2. The molecule has 0 spiro atoms. The lowest BCUT2D eigenvalue weighted by atomic mass is 10.2. The predicted molar refractivity (Wildman–Crippen MR) is 81.0 cm³/mol. The van der Waals surface area contributed by atoms with Crippen molar-refractivity contribution in [3.63, 3.8) is 0 Å². The molecule has 1 heterocycles. The summed E-state index contributed by atoms with van der Waals surface area (Å²) >= 11 is 1.05. The van der Waals surface area contributed by atoms with Gasteiger partial charge in [0.1, 0.15) is 0 Å². The van der Waals surface area contributed by atoms with Gasteiger partial charge in [0.25, 0.3) is 5.91 Å². The van der Waals surface area contributed by atoms with E-state index in [-0.39, 0.29) is 16.4 Å². The van der Waals surface area contributed by atoms with Gasteiger partial charge < -0.3 is 9.84 Å². The van der Waals surface area contributed by atoms with Crippen LogP contribution >= 0.6 is 11.8 Å². The molecule has 7 nitrogen and oxygen atoms in total. The molecule has 0 aliphatic carbocycles. The lowest BCUT2D eigenvalue weighted by Gasteiger charge is -2.07. The zero-order valence-electron chi connectivity index (χ0n) is 11.8. The van der Waals surface area contributed by atoms with Crippen LogP contribution < -0.4 is 0 Å². The highest BCUT2D eigenvalue weighted by molar-refractivity contribution is 8.18. The highest BCUT2D eigenvalue weighted by Gasteiger charge is 2.31. The minimum Gasteiger partial charge on any atom is -0.478 e. The smallest absolute Gasteiger partial charge is 0.335 e. The molecule has 1 aliphatic rings. The molecule has 0 saturated carbocycles. The molecule has 8 heteroatoms. The number of benzene rings is 1. The van der Waals surface area contributed by atoms with Crippen LogP contribution in [-0.4, -0.2) is 47.2 Å². The summed E-state index contributed by atoms with van der Waals surface area (Å²) in [6, 6.07) is 5.93. The van der Waals surface area contributed by atoms with E-state index in [9.17, 15) is 14.4 Å². The molecule has 1 fully saturated rings. The van der Waals surface area contributed by atoms with Crippen LogP contribution in [0.3, 0.4) is 0 Å². The number of esters is 1. The third-order valence-corrected chi connectivity index (χ3v) is 3.85. The molecule has 2 rings (SSSR count). The predicted octanol–water partition coefficient (Wildman–Crippen LogP) is 1.63. The minimum atomic E-state index is -1.02. The van der Waals surface area contributed by atoms with Gasteiger partial charge in [-0.25, -0.2) is 14.6 Å². The number of thioether (sulfide) groups is 1. The van der Waals surface area contributed by atoms with Crippen molar-refractivity contribution in [3.05, 3.63) is 40.8 Å². The van der Waals surface area contributed by atoms with E-state index >= 15 is 0 Å². The van der Waals surface area contributed by atoms with Crippen molar-refractivity contribution < 1.29 is 24.2 Å². The maximum atomic E-state index is 12.0. The topological polar surface area (TPSA) is 96.3 Å². The highest BCUT2D eigenvalue weighted by atomic mass is 32.2. The Hall–Kier alpha value is -2.61. The van der Waals surface area contributed by atoms with Crippen LogP contribution in [0.5, 0.6) is 0 Å². The first-order valence-electron chi connectivity index (χ1n) is 6.10. The van der Waals surface area contributed by atoms with E-state index in [2.05, 4.69) is 9.73 Å². The van der Waals surface area contributed by atoms with Gasteiger partial charge in [0, 0.05) is 13.1 Å². The molecular weight excluding hydrogens is 308 g/mol. The molecular formula is C14H12N2O5S. The maximum Gasteiger partial charge on any atom is 0.335 e. The van der Waals surface area contributed by atoms with Crippen molar-refractivity contribution in [2.75, 3.05) is 14.2 Å². The number of carboxylic acid groups (broad SMARTS) is 1. The summed E-state index contributed by atoms with van der Waals surface area (Å²) in [5, 5.41) is 9.23. The van der Waals surface area contributed by atoms with E-state index in [1.54, 1.807) is 0 Å². The van der Waals surface area contributed by atoms with Crippen LogP contribution in [-0.2, 0) is 14.3 Å². The molecule has 1 aromatic carbocycles. The number of carbonyl (C=O) groups excluding carboxylic acids is 2. The number of amidine groups is 1. The lowest BCUT2D eigenvalue weighted by molar-refractivity contribution is -0.135. The van der Waals surface area contributed by atoms with Crippen LogP contribution in [0, 0.1) is 0 Å². The van der Waals surface area contributed by atoms with Crippen molar-refractivity contribution in [1.29, 1.82) is 0 Å². The van der Waals surface area contributed by atoms with Gasteiger partial charge in [-0.15, -0.1) is 0 Å². The number of hydrogen-bond acceptors (Lipinski definition) is 6. The number of ether oxygens (including phenoxy) is 1. The minimum absolute atomic E-state index is 0.152. The van der Waals surface area contributed by atoms with Crippen LogP contribution in [0.4, 0.5) is 5.69 Å². The van der Waals surface area contributed by atoms with E-state index in [0.29, 0.717) is 10.9 Å². The van der Waals surface area contributed by atoms with Gasteiger partial charge in [0.2, 0.25) is 0 Å². The fourth-order valence-electron chi connectivity index (χ4n) is 1.61. The van der Waals surface area contributed by atoms with E-state index in [4.69, 9.17) is 5.11 Å². The Morgan fingerprint density at radius 2 is 1.95 bits per heavy atom. The Morgan fingerprint density at radius 1 is 1.32 bits per heavy atom. The van der Waals surface area contributed by atoms with Crippen LogP contribution in [0.1, 0.15) is 10.4 Å². The van der Waals surface area contributed by atoms with E-state index < -0.39 is 11.9 Å². The number of hydrogen-bond donors (Lipinski definition) is 1. The van der Waals surface area contributed by atoms with Gasteiger partial charge in [0.05, 0.1) is 23.3 Å². The number of amides is 1. The Morgan fingerprint density at radius 3 is 2.50 bits per heavy atom. The summed E-state index contributed by atoms with van der Waals surface area (Å²) in [5.41, 5.74) is 0.658. The quantitative estimate of drug-likeness (QED) is 0.672. The fourth-order valence-corrected chi connectivity index (χ4v) is 2.55. The molecule has 1 N–H and O–H groups in total. The molecule has 1 amide bonds. The Labute approximate surface area is 130 Å². The van der Waals surface area contributed by atoms with Crippen LogP contribution in [0.15, 0.2) is 40.2 Å². The van der Waals surface area contributed by atoms with Crippen LogP contribution in [0.25, 0.3) is 0 Å². The summed E-state index contributed by atoms with van der Waals surface area (Å²) in [4.78, 5) is 39.8. The Bertz CT molecular complexity index is 694. The average Bonchev–Trinajstić information content (AvgIpc) is 2.76. The SMILES string of the molecule is COC(=O)C=C1SC(=Nc2ccc(C(=O)O)cc2)N(C)C1=O. The van der Waals surface area contributed by atoms with Crippen molar-refractivity contribution in [2.45, 2.75) is 0 Å². The standard InChI is InChI=1S/C14H12N2O5S/c1-16-12(18)10(7-11(17)21-2)22-14(16)15-9-5-3-8(4-6-9)13(19)20/h3-7H,1-2H3,(H,19,20). The summed E-state index contributed by atoms with van der Waals surface area (Å²) < 4.78 is 4.49. The number of rotatable bonds is 3. The number of aliphatic imine (C=N–C) groups is 1. The fraction of sp³-hybridized carbons (Fsp3) is 0.143. The molecule has 0 atom stereocenters. The summed E-state index contributed by atoms with van der Waals surface area (Å²) in [7, 11) is 2.77. The number of carbonyl (C=O) groups is 3. The van der Waals surface area contributed by atoms with Crippen molar-refractivity contribution in [1.82, 2.24) is 4.90 Å². The van der Waals surface area contributed by atoms with E-state index in [1.807, 2.05) is 0 Å². The summed E-state index contributed by atoms with van der Waals surface area (Å²) in [5.74, 6) is -1.99. The highest BCUT2D eigenvalue weighted by Crippen LogP contribution is 2.31. The van der Waals surface area contributed by atoms with Crippen molar-refractivity contribution in [3.8, 4) is 0 Å². The first-order chi connectivity index (χ1) is 10.4. The Kier molecular flexibility index (Phi) is 4.62. The second kappa shape index (κ2) is 6.44. The number of carboxylic acids is 1. The number of likely N-dealkylation sites (N-methyl/N-ethyl adjacent to an activating group) is 1. The zero-order chi connectivity index (χ0) is 16.3. The summed E-state index contributed by atoms with van der Waals surface area (Å²) in [6.45, 7) is 0. The lowest BCUT2D eigenvalue weighted by Crippen LogP contribution is -2.23. The first-order valence-corrected chi connectivity index (χ1v) is 6.91. The largest absolute Gasteiger partial charge is 0.478 e. The van der Waals surface area contributed by atoms with Crippen molar-refractivity contribution >= 4 is 40.5 Å². The van der Waals surface area contributed by atoms with E-state index in [0.717, 1.165) is 17.8 Å². The Balaban J connectivity index is 2.25. The van der Waals surface area contributed by atoms with Crippen LogP contribution in [0.2, 0.25) is 0 Å². The van der Waals surface area contributed by atoms with Gasteiger partial charge in [-0.1, -0.05) is 0 Å². The molecule has 0 aromatic heterocycles. The van der Waals surface area contributed by atoms with Gasteiger partial charge in [-0.3, -0.25) is 9.69 Å². The molecule has 0 bridgehead atoms. The monoisotopic (exact) mass is 320 g/mol. The van der Waals surface area contributed by atoms with Gasteiger partial charge >= 0.3 is 11.9 Å².